The largest absolute Gasteiger partial charge is 0.458 e. The lowest BCUT2D eigenvalue weighted by atomic mass is 9.85. The first-order chi connectivity index (χ1) is 22.0. The Bertz CT molecular complexity index is 1310. The lowest BCUT2D eigenvalue weighted by Gasteiger charge is -2.38. The highest BCUT2D eigenvalue weighted by atomic mass is 19.4. The minimum Gasteiger partial charge on any atom is -0.458 e. The predicted octanol–water partition coefficient (Wildman–Crippen LogP) is 3.64. The molecule has 1 heterocycles. The molecular formula is C34H54F3N5O7. The number of urea groups is 1. The van der Waals surface area contributed by atoms with E-state index < -0.39 is 106 Å². The van der Waals surface area contributed by atoms with Crippen molar-refractivity contribution in [1.82, 2.24) is 26.2 Å². The number of halogens is 3. The molecule has 2 fully saturated rings. The summed E-state index contributed by atoms with van der Waals surface area (Å²) >= 11 is 0. The predicted molar refractivity (Wildman–Crippen MR) is 176 cm³/mol. The van der Waals surface area contributed by atoms with E-state index in [0.717, 1.165) is 0 Å². The molecule has 0 aromatic rings. The topological polar surface area (TPSA) is 163 Å². The zero-order valence-corrected chi connectivity index (χ0v) is 30.5. The van der Waals surface area contributed by atoms with E-state index in [1.165, 1.54) is 11.0 Å². The summed E-state index contributed by atoms with van der Waals surface area (Å²) < 4.78 is 45.0. The quantitative estimate of drug-likeness (QED) is 0.137. The first-order valence-corrected chi connectivity index (χ1v) is 16.4. The maximum absolute atomic E-state index is 14.2. The number of nitrogens with one attached hydrogen (secondary N) is 4. The number of carbonyl (C=O) groups is 6. The van der Waals surface area contributed by atoms with E-state index in [1.807, 2.05) is 13.8 Å². The van der Waals surface area contributed by atoms with Crippen molar-refractivity contribution in [3.63, 3.8) is 0 Å². The third-order valence-electron chi connectivity index (χ3n) is 8.91. The number of hydrogen-bond donors (Lipinski definition) is 4. The third-order valence-corrected chi connectivity index (χ3v) is 8.91. The van der Waals surface area contributed by atoms with Crippen LogP contribution in [0.3, 0.4) is 0 Å². The van der Waals surface area contributed by atoms with Crippen molar-refractivity contribution in [2.75, 3.05) is 13.1 Å². The van der Waals surface area contributed by atoms with Crippen LogP contribution in [-0.4, -0.2) is 89.4 Å². The summed E-state index contributed by atoms with van der Waals surface area (Å²) in [5.41, 5.74) is -2.90. The van der Waals surface area contributed by atoms with Gasteiger partial charge in [-0.15, -0.1) is 6.58 Å². The maximum Gasteiger partial charge on any atom is 0.389 e. The lowest BCUT2D eigenvalue weighted by Crippen LogP contribution is -2.63. The smallest absolute Gasteiger partial charge is 0.389 e. The molecule has 2 rings (SSSR count). The lowest BCUT2D eigenvalue weighted by molar-refractivity contribution is -0.160. The zero-order valence-electron chi connectivity index (χ0n) is 30.5. The molecule has 2 aliphatic rings. The summed E-state index contributed by atoms with van der Waals surface area (Å²) in [6.45, 7) is 22.6. The summed E-state index contributed by atoms with van der Waals surface area (Å²) in [4.78, 5) is 81.1. The molecule has 0 bridgehead atoms. The highest BCUT2D eigenvalue weighted by Gasteiger charge is 2.70. The van der Waals surface area contributed by atoms with Gasteiger partial charge >= 0.3 is 18.2 Å². The monoisotopic (exact) mass is 701 g/mol. The second kappa shape index (κ2) is 14.7. The van der Waals surface area contributed by atoms with Crippen LogP contribution in [0.15, 0.2) is 12.7 Å². The molecule has 1 saturated heterocycles. The summed E-state index contributed by atoms with van der Waals surface area (Å²) in [7, 11) is 0. The van der Waals surface area contributed by atoms with Crippen molar-refractivity contribution in [3.8, 4) is 0 Å². The number of piperidine rings is 1. The van der Waals surface area contributed by atoms with E-state index in [9.17, 15) is 41.9 Å². The van der Waals surface area contributed by atoms with Gasteiger partial charge in [0.05, 0.1) is 6.04 Å². The van der Waals surface area contributed by atoms with Crippen LogP contribution in [0.1, 0.15) is 89.0 Å². The molecule has 15 heteroatoms. The van der Waals surface area contributed by atoms with Crippen LogP contribution in [0.5, 0.6) is 0 Å². The molecule has 278 valence electrons. The number of hydrogen-bond acceptors (Lipinski definition) is 7. The molecule has 1 unspecified atom stereocenters. The summed E-state index contributed by atoms with van der Waals surface area (Å²) in [5, 5.41) is 9.87. The molecule has 0 aromatic carbocycles. The van der Waals surface area contributed by atoms with Crippen molar-refractivity contribution in [1.29, 1.82) is 0 Å². The van der Waals surface area contributed by atoms with Crippen LogP contribution in [-0.2, 0) is 28.7 Å². The van der Waals surface area contributed by atoms with Gasteiger partial charge in [-0.25, -0.2) is 9.59 Å². The van der Waals surface area contributed by atoms with E-state index in [4.69, 9.17) is 4.74 Å². The number of rotatable bonds is 12. The molecule has 49 heavy (non-hydrogen) atoms. The van der Waals surface area contributed by atoms with Gasteiger partial charge in [-0.05, 0) is 55.3 Å². The van der Waals surface area contributed by atoms with Crippen molar-refractivity contribution < 1.29 is 46.7 Å². The highest BCUT2D eigenvalue weighted by Crippen LogP contribution is 2.65. The Kier molecular flexibility index (Phi) is 12.4. The fraction of sp³-hybridized carbons (Fsp3) is 0.765. The van der Waals surface area contributed by atoms with E-state index in [-0.39, 0.29) is 19.0 Å². The van der Waals surface area contributed by atoms with E-state index in [0.29, 0.717) is 0 Å². The van der Waals surface area contributed by atoms with Gasteiger partial charge in [-0.2, -0.15) is 13.2 Å². The van der Waals surface area contributed by atoms with Crippen LogP contribution in [0.2, 0.25) is 0 Å². The molecule has 0 spiro atoms. The molecule has 6 atom stereocenters. The van der Waals surface area contributed by atoms with Crippen molar-refractivity contribution in [2.24, 2.45) is 28.1 Å². The van der Waals surface area contributed by atoms with Crippen LogP contribution in [0.4, 0.5) is 18.0 Å². The number of nitrogens with zero attached hydrogens (tertiary/aromatic N) is 1. The molecule has 0 radical (unpaired) electrons. The summed E-state index contributed by atoms with van der Waals surface area (Å²) in [6.07, 6.45) is -5.70. The second-order valence-electron chi connectivity index (χ2n) is 16.7. The second-order valence-corrected chi connectivity index (χ2v) is 16.7. The minimum absolute atomic E-state index is 0.115. The van der Waals surface area contributed by atoms with Crippen molar-refractivity contribution >= 4 is 35.5 Å². The number of ether oxygens (including phenoxy) is 1. The van der Waals surface area contributed by atoms with Crippen molar-refractivity contribution in [2.45, 2.75) is 125 Å². The van der Waals surface area contributed by atoms with Gasteiger partial charge in [0.25, 0.3) is 5.91 Å². The molecule has 0 aromatic heterocycles. The fourth-order valence-corrected chi connectivity index (χ4v) is 6.17. The molecule has 4 N–H and O–H groups in total. The highest BCUT2D eigenvalue weighted by molar-refractivity contribution is 6.38. The molecule has 1 aliphatic heterocycles. The van der Waals surface area contributed by atoms with Crippen LogP contribution in [0, 0.1) is 28.1 Å². The van der Waals surface area contributed by atoms with E-state index in [2.05, 4.69) is 27.8 Å². The first kappa shape index (κ1) is 41.5. The molecule has 1 saturated carbocycles. The van der Waals surface area contributed by atoms with E-state index >= 15 is 0 Å². The number of Topliss-reactive ketones (excluding diaryl/α,β-unsaturated/α-hetero) is 1. The molecule has 12 nitrogen and oxygen atoms in total. The number of likely N-dealkylation sites (tertiary alicyclic amines) is 1. The summed E-state index contributed by atoms with van der Waals surface area (Å²) in [6, 6.07) is -6.12. The molecular weight excluding hydrogens is 647 g/mol. The molecule has 1 aliphatic carbocycles. The van der Waals surface area contributed by atoms with E-state index in [1.54, 1.807) is 62.3 Å². The number of alkyl halides is 3. The van der Waals surface area contributed by atoms with Gasteiger partial charge in [-0.3, -0.25) is 19.2 Å². The Hall–Kier alpha value is -3.65. The van der Waals surface area contributed by atoms with Gasteiger partial charge in [0.15, 0.2) is 0 Å². The average Bonchev–Trinajstić information content (AvgIpc) is 3.24. The molecule has 5 amide bonds. The Labute approximate surface area is 287 Å². The Morgan fingerprint density at radius 3 is 1.90 bits per heavy atom. The maximum atomic E-state index is 14.2. The van der Waals surface area contributed by atoms with Crippen LogP contribution < -0.4 is 21.3 Å². The number of esters is 1. The first-order valence-electron chi connectivity index (χ1n) is 16.4. The number of fused-ring (bicyclic) bond motifs is 1. The standard InChI is InChI=1S/C34H54F3N5O7/c1-13-16-38-26(45)22(43)19(14-15-34(35,36)37)39-25(44)21-20-18(33(20,11)12)17-42(21)27(46)23(30(2,3)4)40-29(48)41-24(31(5,6)7)28(47)49-32(8,9)10/h13,18-21,23-24H,1,14-17H2,2-12H3,(H,38,45)(H,39,44)(H2,40,41,48)/t18-,19?,20-,21-,23+,24+/m0/s1. The normalized spacial score (nSPS) is 22.1. The Balaban J connectivity index is 2.38. The number of ketones is 1. The van der Waals surface area contributed by atoms with Gasteiger partial charge in [0.1, 0.15) is 23.7 Å². The van der Waals surface area contributed by atoms with Crippen LogP contribution >= 0.6 is 0 Å². The Morgan fingerprint density at radius 2 is 1.43 bits per heavy atom. The van der Waals surface area contributed by atoms with Gasteiger partial charge in [-0.1, -0.05) is 61.5 Å². The average molecular weight is 702 g/mol. The van der Waals surface area contributed by atoms with Crippen LogP contribution in [0.25, 0.3) is 0 Å². The van der Waals surface area contributed by atoms with Gasteiger partial charge in [0.2, 0.25) is 17.6 Å². The fourth-order valence-electron chi connectivity index (χ4n) is 6.17. The number of carbonyl (C=O) groups excluding carboxylic acids is 6. The SMILES string of the molecule is C=CCNC(=O)C(=O)C(CCC(F)(F)F)NC(=O)[C@@H]1[C@@H]2[C@H](CN1C(=O)[C@@H](NC(=O)N[C@H](C(=O)OC(C)(C)C)C(C)(C)C)C(C)(C)C)C2(C)C. The van der Waals surface area contributed by atoms with Gasteiger partial charge < -0.3 is 30.9 Å². The van der Waals surface area contributed by atoms with Crippen molar-refractivity contribution in [3.05, 3.63) is 12.7 Å². The summed E-state index contributed by atoms with van der Waals surface area (Å²) in [5.74, 6) is -5.14. The third kappa shape index (κ3) is 10.9. The number of amides is 5. The van der Waals surface area contributed by atoms with Gasteiger partial charge in [0, 0.05) is 19.5 Å². The minimum atomic E-state index is -4.67. The Morgan fingerprint density at radius 1 is 0.898 bits per heavy atom. The zero-order chi connectivity index (χ0) is 38.1.